The lowest BCUT2D eigenvalue weighted by atomic mass is 10.1. The van der Waals surface area contributed by atoms with Crippen LogP contribution in [0.15, 0.2) is 64.4 Å². The number of nitrogens with zero attached hydrogens (tertiary/aromatic N) is 1. The van der Waals surface area contributed by atoms with Crippen LogP contribution in [-0.4, -0.2) is 38.4 Å². The van der Waals surface area contributed by atoms with E-state index in [4.69, 9.17) is 0 Å². The van der Waals surface area contributed by atoms with Gasteiger partial charge in [0.1, 0.15) is 0 Å². The normalized spacial score (nSPS) is 19.6. The summed E-state index contributed by atoms with van der Waals surface area (Å²) in [5, 5.41) is 3.41. The number of hydrogen-bond donors (Lipinski definition) is 2. The molecule has 1 saturated heterocycles. The number of benzene rings is 2. The summed E-state index contributed by atoms with van der Waals surface area (Å²) in [4.78, 5) is 0.773. The summed E-state index contributed by atoms with van der Waals surface area (Å²) >= 11 is 4.29. The lowest BCUT2D eigenvalue weighted by Gasteiger charge is -2.33. The average Bonchev–Trinajstić information content (AvgIpc) is 2.56. The Balaban J connectivity index is 1.77. The van der Waals surface area contributed by atoms with Crippen LogP contribution in [0.2, 0.25) is 0 Å². The van der Waals surface area contributed by atoms with Crippen LogP contribution < -0.4 is 5.32 Å². The van der Waals surface area contributed by atoms with Gasteiger partial charge in [-0.05, 0) is 24.1 Å². The van der Waals surface area contributed by atoms with Crippen molar-refractivity contribution in [2.75, 3.05) is 19.6 Å². The lowest BCUT2D eigenvalue weighted by Crippen LogP contribution is -2.53. The molecule has 0 aromatic heterocycles. The molecule has 23 heavy (non-hydrogen) atoms. The fourth-order valence-corrected chi connectivity index (χ4v) is 4.94. The van der Waals surface area contributed by atoms with Crippen LogP contribution >= 0.6 is 12.6 Å². The third kappa shape index (κ3) is 3.77. The Morgan fingerprint density at radius 2 is 1.78 bits per heavy atom. The van der Waals surface area contributed by atoms with E-state index < -0.39 is 10.0 Å². The molecule has 0 unspecified atom stereocenters. The maximum absolute atomic E-state index is 12.9. The van der Waals surface area contributed by atoms with Crippen molar-refractivity contribution in [1.82, 2.24) is 9.62 Å². The van der Waals surface area contributed by atoms with Crippen LogP contribution in [0.3, 0.4) is 0 Å². The molecular formula is C17H20N2O2S2. The molecule has 0 aliphatic carbocycles. The summed E-state index contributed by atoms with van der Waals surface area (Å²) in [7, 11) is -3.50. The first-order chi connectivity index (χ1) is 11.1. The zero-order valence-electron chi connectivity index (χ0n) is 12.7. The van der Waals surface area contributed by atoms with Gasteiger partial charge in [-0.25, -0.2) is 8.42 Å². The van der Waals surface area contributed by atoms with Crippen molar-refractivity contribution in [2.45, 2.75) is 22.3 Å². The molecule has 1 aliphatic rings. The van der Waals surface area contributed by atoms with E-state index in [0.717, 1.165) is 6.42 Å². The Morgan fingerprint density at radius 3 is 2.52 bits per heavy atom. The maximum Gasteiger partial charge on any atom is 0.244 e. The average molecular weight is 348 g/mol. The van der Waals surface area contributed by atoms with E-state index in [9.17, 15) is 8.42 Å². The van der Waals surface area contributed by atoms with Gasteiger partial charge in [0.15, 0.2) is 0 Å². The molecule has 4 nitrogen and oxygen atoms in total. The Bertz CT molecular complexity index is 763. The van der Waals surface area contributed by atoms with Gasteiger partial charge >= 0.3 is 0 Å². The highest BCUT2D eigenvalue weighted by molar-refractivity contribution is 7.90. The highest BCUT2D eigenvalue weighted by Crippen LogP contribution is 2.24. The summed E-state index contributed by atoms with van der Waals surface area (Å²) in [6, 6.07) is 17.1. The quantitative estimate of drug-likeness (QED) is 0.833. The minimum atomic E-state index is -3.50. The predicted molar refractivity (Wildman–Crippen MR) is 94.4 cm³/mol. The van der Waals surface area contributed by atoms with Gasteiger partial charge in [0.05, 0.1) is 4.90 Å². The van der Waals surface area contributed by atoms with Crippen LogP contribution in [0.25, 0.3) is 0 Å². The molecule has 0 radical (unpaired) electrons. The van der Waals surface area contributed by atoms with Crippen molar-refractivity contribution in [2.24, 2.45) is 0 Å². The number of hydrogen-bond acceptors (Lipinski definition) is 4. The van der Waals surface area contributed by atoms with Crippen LogP contribution in [0.1, 0.15) is 5.56 Å². The first-order valence-electron chi connectivity index (χ1n) is 7.63. The summed E-state index contributed by atoms with van der Waals surface area (Å²) < 4.78 is 27.3. The second-order valence-corrected chi connectivity index (χ2v) is 8.06. The molecule has 122 valence electrons. The fourth-order valence-electron chi connectivity index (χ4n) is 2.86. The molecule has 2 aromatic carbocycles. The largest absolute Gasteiger partial charge is 0.311 e. The van der Waals surface area contributed by atoms with Crippen molar-refractivity contribution in [3.05, 3.63) is 60.2 Å². The second-order valence-electron chi connectivity index (χ2n) is 5.67. The third-order valence-corrected chi connectivity index (χ3v) is 6.49. The van der Waals surface area contributed by atoms with Crippen molar-refractivity contribution in [1.29, 1.82) is 0 Å². The Morgan fingerprint density at radius 1 is 1.09 bits per heavy atom. The zero-order chi connectivity index (χ0) is 16.3. The monoisotopic (exact) mass is 348 g/mol. The molecule has 0 bridgehead atoms. The van der Waals surface area contributed by atoms with Crippen molar-refractivity contribution in [3.63, 3.8) is 0 Å². The van der Waals surface area contributed by atoms with Gasteiger partial charge in [0.2, 0.25) is 10.0 Å². The van der Waals surface area contributed by atoms with E-state index in [1.807, 2.05) is 18.2 Å². The van der Waals surface area contributed by atoms with Gasteiger partial charge in [-0.1, -0.05) is 42.5 Å². The van der Waals surface area contributed by atoms with E-state index in [1.54, 1.807) is 28.6 Å². The van der Waals surface area contributed by atoms with E-state index in [-0.39, 0.29) is 10.9 Å². The molecule has 1 atom stereocenters. The van der Waals surface area contributed by atoms with E-state index >= 15 is 0 Å². The molecule has 3 rings (SSSR count). The number of rotatable bonds is 4. The molecule has 6 heteroatoms. The lowest BCUT2D eigenvalue weighted by molar-refractivity contribution is 0.296. The summed E-state index contributed by atoms with van der Waals surface area (Å²) in [5.41, 5.74) is 1.21. The number of piperazine rings is 1. The molecule has 1 fully saturated rings. The van der Waals surface area contributed by atoms with Crippen LogP contribution in [0, 0.1) is 0 Å². The molecule has 1 heterocycles. The van der Waals surface area contributed by atoms with Crippen molar-refractivity contribution in [3.8, 4) is 0 Å². The van der Waals surface area contributed by atoms with Gasteiger partial charge in [-0.3, -0.25) is 0 Å². The summed E-state index contributed by atoms with van der Waals surface area (Å²) in [5.74, 6) is 0. The molecule has 0 spiro atoms. The Labute approximate surface area is 143 Å². The molecule has 2 aromatic rings. The van der Waals surface area contributed by atoms with E-state index in [2.05, 4.69) is 30.1 Å². The van der Waals surface area contributed by atoms with Crippen LogP contribution in [0.4, 0.5) is 0 Å². The Kier molecular flexibility index (Phi) is 5.06. The van der Waals surface area contributed by atoms with Crippen molar-refractivity contribution >= 4 is 22.7 Å². The second kappa shape index (κ2) is 7.05. The molecular weight excluding hydrogens is 328 g/mol. The SMILES string of the molecule is O=S(=O)(c1ccccc1S)N1CCN[C@@H](Cc2ccccc2)C1. The summed E-state index contributed by atoms with van der Waals surface area (Å²) in [6.07, 6.45) is 0.815. The third-order valence-electron chi connectivity index (χ3n) is 4.03. The number of nitrogens with one attached hydrogen (secondary N) is 1. The zero-order valence-corrected chi connectivity index (χ0v) is 14.4. The minimum Gasteiger partial charge on any atom is -0.311 e. The van der Waals surface area contributed by atoms with Gasteiger partial charge in [0.25, 0.3) is 0 Å². The van der Waals surface area contributed by atoms with Crippen molar-refractivity contribution < 1.29 is 8.42 Å². The van der Waals surface area contributed by atoms with Gasteiger partial charge in [-0.15, -0.1) is 12.6 Å². The maximum atomic E-state index is 12.9. The first kappa shape index (κ1) is 16.5. The first-order valence-corrected chi connectivity index (χ1v) is 9.51. The molecule has 0 saturated carbocycles. The molecule has 0 amide bonds. The highest BCUT2D eigenvalue weighted by atomic mass is 32.2. The predicted octanol–water partition coefficient (Wildman–Crippen LogP) is 2.18. The smallest absolute Gasteiger partial charge is 0.244 e. The van der Waals surface area contributed by atoms with Gasteiger partial charge in [-0.2, -0.15) is 4.31 Å². The fraction of sp³-hybridized carbons (Fsp3) is 0.294. The standard InChI is InChI=1S/C17H20N2O2S2/c20-23(21,17-9-5-4-8-16(17)22)19-11-10-18-15(13-19)12-14-6-2-1-3-7-14/h1-9,15,18,22H,10-13H2/t15-/m0/s1. The molecule has 1 N–H and O–H groups in total. The number of thiol groups is 1. The highest BCUT2D eigenvalue weighted by Gasteiger charge is 2.31. The van der Waals surface area contributed by atoms with E-state index in [0.29, 0.717) is 24.5 Å². The van der Waals surface area contributed by atoms with Gasteiger partial charge in [0, 0.05) is 30.6 Å². The minimum absolute atomic E-state index is 0.119. The van der Waals surface area contributed by atoms with Gasteiger partial charge < -0.3 is 5.32 Å². The number of sulfonamides is 1. The molecule has 1 aliphatic heterocycles. The Hall–Kier alpha value is -1.34. The summed E-state index contributed by atoms with van der Waals surface area (Å²) in [6.45, 7) is 1.61. The van der Waals surface area contributed by atoms with Crippen LogP contribution in [-0.2, 0) is 16.4 Å². The van der Waals surface area contributed by atoms with Crippen LogP contribution in [0.5, 0.6) is 0 Å². The van der Waals surface area contributed by atoms with E-state index in [1.165, 1.54) is 5.56 Å². The topological polar surface area (TPSA) is 49.4 Å².